The number of benzene rings is 1. The van der Waals surface area contributed by atoms with E-state index in [2.05, 4.69) is 27.2 Å². The highest BCUT2D eigenvalue weighted by Gasteiger charge is 2.24. The molecule has 7 heteroatoms. The van der Waals surface area contributed by atoms with Gasteiger partial charge in [-0.1, -0.05) is 12.1 Å². The van der Waals surface area contributed by atoms with Gasteiger partial charge in [0.2, 0.25) is 11.7 Å². The second-order valence-electron chi connectivity index (χ2n) is 6.62. The quantitative estimate of drug-likeness (QED) is 0.689. The van der Waals surface area contributed by atoms with Crippen LogP contribution in [-0.4, -0.2) is 47.1 Å². The molecule has 4 rings (SSSR count). The maximum atomic E-state index is 12.6. The number of carbonyl (C=O) groups is 1. The second-order valence-corrected chi connectivity index (χ2v) is 7.54. The molecule has 0 saturated carbocycles. The molecule has 0 atom stereocenters. The Balaban J connectivity index is 1.39. The SMILES string of the molecule is CCc1nc(-c2ccc(N3CCN(C(=O)c4sccc4C)CC3)cc2)no1. The molecular weight excluding hydrogens is 360 g/mol. The van der Waals surface area contributed by atoms with Gasteiger partial charge in [0.25, 0.3) is 5.91 Å². The summed E-state index contributed by atoms with van der Waals surface area (Å²) in [5, 5.41) is 6.00. The van der Waals surface area contributed by atoms with E-state index in [4.69, 9.17) is 4.52 Å². The molecule has 0 spiro atoms. The van der Waals surface area contributed by atoms with Gasteiger partial charge >= 0.3 is 0 Å². The standard InChI is InChI=1S/C20H22N4O2S/c1-3-17-21-19(22-26-17)15-4-6-16(7-5-15)23-9-11-24(12-10-23)20(25)18-14(2)8-13-27-18/h4-8,13H,3,9-12H2,1-2H3. The average Bonchev–Trinajstić information content (AvgIpc) is 3.37. The number of anilines is 1. The molecule has 0 bridgehead atoms. The highest BCUT2D eigenvalue weighted by atomic mass is 32.1. The summed E-state index contributed by atoms with van der Waals surface area (Å²) < 4.78 is 5.18. The van der Waals surface area contributed by atoms with Gasteiger partial charge in [0.1, 0.15) is 0 Å². The van der Waals surface area contributed by atoms with Crippen LogP contribution in [0.3, 0.4) is 0 Å². The summed E-state index contributed by atoms with van der Waals surface area (Å²) in [6.07, 6.45) is 0.735. The van der Waals surface area contributed by atoms with Crippen molar-refractivity contribution in [2.24, 2.45) is 0 Å². The zero-order valence-corrected chi connectivity index (χ0v) is 16.3. The summed E-state index contributed by atoms with van der Waals surface area (Å²) in [7, 11) is 0. The lowest BCUT2D eigenvalue weighted by Gasteiger charge is -2.36. The van der Waals surface area contributed by atoms with Crippen molar-refractivity contribution in [3.63, 3.8) is 0 Å². The first kappa shape index (κ1) is 17.7. The molecular formula is C20H22N4O2S. The third-order valence-corrected chi connectivity index (χ3v) is 5.89. The van der Waals surface area contributed by atoms with Crippen LogP contribution in [0.25, 0.3) is 11.4 Å². The van der Waals surface area contributed by atoms with Gasteiger partial charge in [-0.05, 0) is 48.2 Å². The number of rotatable bonds is 4. The molecule has 27 heavy (non-hydrogen) atoms. The van der Waals surface area contributed by atoms with Gasteiger partial charge in [-0.3, -0.25) is 4.79 Å². The van der Waals surface area contributed by atoms with Crippen molar-refractivity contribution in [3.8, 4) is 11.4 Å². The highest BCUT2D eigenvalue weighted by molar-refractivity contribution is 7.12. The Kier molecular flexibility index (Phi) is 4.94. The van der Waals surface area contributed by atoms with Gasteiger partial charge in [-0.25, -0.2) is 0 Å². The Morgan fingerprint density at radius 3 is 2.48 bits per heavy atom. The number of nitrogens with zero attached hydrogens (tertiary/aromatic N) is 4. The molecule has 3 heterocycles. The molecule has 140 valence electrons. The summed E-state index contributed by atoms with van der Waals surface area (Å²) in [5.74, 6) is 1.43. The fourth-order valence-corrected chi connectivity index (χ4v) is 4.13. The zero-order valence-electron chi connectivity index (χ0n) is 15.5. The van der Waals surface area contributed by atoms with Crippen molar-refractivity contribution < 1.29 is 9.32 Å². The maximum absolute atomic E-state index is 12.6. The summed E-state index contributed by atoms with van der Waals surface area (Å²) in [5.41, 5.74) is 3.16. The molecule has 3 aromatic rings. The second kappa shape index (κ2) is 7.52. The molecule has 0 unspecified atom stereocenters. The molecule has 6 nitrogen and oxygen atoms in total. The van der Waals surface area contributed by atoms with E-state index in [1.807, 2.05) is 42.3 Å². The smallest absolute Gasteiger partial charge is 0.264 e. The molecule has 1 fully saturated rings. The van der Waals surface area contributed by atoms with E-state index < -0.39 is 0 Å². The number of aromatic nitrogens is 2. The fraction of sp³-hybridized carbons (Fsp3) is 0.350. The monoisotopic (exact) mass is 382 g/mol. The molecule has 1 saturated heterocycles. The molecule has 1 aromatic carbocycles. The number of hydrogen-bond acceptors (Lipinski definition) is 6. The molecule has 0 aliphatic carbocycles. The van der Waals surface area contributed by atoms with Crippen molar-refractivity contribution >= 4 is 22.9 Å². The molecule has 2 aromatic heterocycles. The number of thiophene rings is 1. The van der Waals surface area contributed by atoms with Gasteiger partial charge in [-0.2, -0.15) is 4.98 Å². The Bertz CT molecular complexity index is 924. The maximum Gasteiger partial charge on any atom is 0.264 e. The minimum absolute atomic E-state index is 0.154. The van der Waals surface area contributed by atoms with Gasteiger partial charge in [0.05, 0.1) is 4.88 Å². The van der Waals surface area contributed by atoms with E-state index in [1.165, 1.54) is 11.3 Å². The van der Waals surface area contributed by atoms with Crippen molar-refractivity contribution in [2.45, 2.75) is 20.3 Å². The van der Waals surface area contributed by atoms with Crippen molar-refractivity contribution in [2.75, 3.05) is 31.1 Å². The van der Waals surface area contributed by atoms with Crippen LogP contribution in [0.15, 0.2) is 40.2 Å². The summed E-state index contributed by atoms with van der Waals surface area (Å²) >= 11 is 1.53. The predicted octanol–water partition coefficient (Wildman–Crippen LogP) is 3.63. The molecule has 1 amide bonds. The van der Waals surface area contributed by atoms with Gasteiger partial charge in [0, 0.05) is 43.9 Å². The van der Waals surface area contributed by atoms with E-state index in [0.717, 1.165) is 54.3 Å². The molecule has 1 aliphatic rings. The van der Waals surface area contributed by atoms with Gasteiger partial charge < -0.3 is 14.3 Å². The predicted molar refractivity (Wildman–Crippen MR) is 106 cm³/mol. The van der Waals surface area contributed by atoms with Crippen LogP contribution in [0.5, 0.6) is 0 Å². The van der Waals surface area contributed by atoms with Crippen molar-refractivity contribution in [1.82, 2.24) is 15.0 Å². The number of carbonyl (C=O) groups excluding carboxylic acids is 1. The van der Waals surface area contributed by atoms with Crippen molar-refractivity contribution in [1.29, 1.82) is 0 Å². The van der Waals surface area contributed by atoms with Crippen LogP contribution in [-0.2, 0) is 6.42 Å². The van der Waals surface area contributed by atoms with Crippen LogP contribution in [0.1, 0.15) is 28.0 Å². The first-order chi connectivity index (χ1) is 13.2. The Labute approximate surface area is 162 Å². The van der Waals surface area contributed by atoms with Crippen LogP contribution < -0.4 is 4.90 Å². The number of hydrogen-bond donors (Lipinski definition) is 0. The van der Waals surface area contributed by atoms with E-state index in [1.54, 1.807) is 0 Å². The van der Waals surface area contributed by atoms with Crippen LogP contribution in [0.2, 0.25) is 0 Å². The zero-order chi connectivity index (χ0) is 18.8. The minimum Gasteiger partial charge on any atom is -0.368 e. The summed E-state index contributed by atoms with van der Waals surface area (Å²) in [6, 6.07) is 10.2. The largest absolute Gasteiger partial charge is 0.368 e. The van der Waals surface area contributed by atoms with Crippen LogP contribution in [0.4, 0.5) is 5.69 Å². The third-order valence-electron chi connectivity index (χ3n) is 4.88. The Hall–Kier alpha value is -2.67. The summed E-state index contributed by atoms with van der Waals surface area (Å²) in [4.78, 5) is 22.1. The number of aryl methyl sites for hydroxylation is 2. The topological polar surface area (TPSA) is 62.5 Å². The third kappa shape index (κ3) is 3.60. The van der Waals surface area contributed by atoms with Crippen molar-refractivity contribution in [3.05, 3.63) is 52.0 Å². The van der Waals surface area contributed by atoms with E-state index in [0.29, 0.717) is 11.7 Å². The molecule has 0 N–H and O–H groups in total. The van der Waals surface area contributed by atoms with Crippen LogP contribution >= 0.6 is 11.3 Å². The van der Waals surface area contributed by atoms with Crippen LogP contribution in [0, 0.1) is 6.92 Å². The Morgan fingerprint density at radius 1 is 1.15 bits per heavy atom. The van der Waals surface area contributed by atoms with E-state index in [9.17, 15) is 4.79 Å². The summed E-state index contributed by atoms with van der Waals surface area (Å²) in [6.45, 7) is 7.12. The van der Waals surface area contributed by atoms with E-state index in [-0.39, 0.29) is 5.91 Å². The first-order valence-corrected chi connectivity index (χ1v) is 10.0. The minimum atomic E-state index is 0.154. The van der Waals surface area contributed by atoms with Gasteiger partial charge in [-0.15, -0.1) is 11.3 Å². The van der Waals surface area contributed by atoms with Gasteiger partial charge in [0.15, 0.2) is 0 Å². The van der Waals surface area contributed by atoms with E-state index >= 15 is 0 Å². The average molecular weight is 382 g/mol. The number of piperazine rings is 1. The molecule has 0 radical (unpaired) electrons. The lowest BCUT2D eigenvalue weighted by Crippen LogP contribution is -2.48. The number of amides is 1. The lowest BCUT2D eigenvalue weighted by molar-refractivity contribution is 0.0751. The normalized spacial score (nSPS) is 14.6. The highest BCUT2D eigenvalue weighted by Crippen LogP contribution is 2.24. The fourth-order valence-electron chi connectivity index (χ4n) is 3.24. The first-order valence-electron chi connectivity index (χ1n) is 9.17. The Morgan fingerprint density at radius 2 is 1.89 bits per heavy atom. The lowest BCUT2D eigenvalue weighted by atomic mass is 10.1. The molecule has 1 aliphatic heterocycles.